The molecule has 2 aromatic rings. The van der Waals surface area contributed by atoms with E-state index < -0.39 is 23.4 Å². The van der Waals surface area contributed by atoms with Gasteiger partial charge >= 0.3 is 0 Å². The predicted molar refractivity (Wildman–Crippen MR) is 122 cm³/mol. The number of nitrogens with zero attached hydrogens (tertiary/aromatic N) is 3. The van der Waals surface area contributed by atoms with Gasteiger partial charge < -0.3 is 14.5 Å². The van der Waals surface area contributed by atoms with Crippen molar-refractivity contribution in [2.24, 2.45) is 0 Å². The fourth-order valence-corrected chi connectivity index (χ4v) is 4.44. The van der Waals surface area contributed by atoms with E-state index in [0.29, 0.717) is 24.0 Å². The first-order valence-corrected chi connectivity index (χ1v) is 11.0. The zero-order valence-electron chi connectivity index (χ0n) is 19.0. The number of hydrogen-bond acceptors (Lipinski definition) is 5. The Kier molecular flexibility index (Phi) is 6.47. The van der Waals surface area contributed by atoms with Crippen molar-refractivity contribution in [1.29, 1.82) is 0 Å². The third-order valence-electron chi connectivity index (χ3n) is 6.25. The van der Waals surface area contributed by atoms with Gasteiger partial charge in [0.1, 0.15) is 23.1 Å². The molecule has 0 saturated carbocycles. The standard InChI is InChI=1S/C25H27F2N3O3/c1-4-33-19-8-5-16(6-9-19)22-23(29(3)18-11-13-28(2)14-12-18)25(32)30(24(22)31)21-10-7-17(26)15-20(21)27/h5-10,15,18H,4,11-14H2,1-3H3. The van der Waals surface area contributed by atoms with Crippen LogP contribution in [0.15, 0.2) is 48.2 Å². The number of anilines is 1. The van der Waals surface area contributed by atoms with Crippen molar-refractivity contribution in [3.63, 3.8) is 0 Å². The number of imide groups is 1. The summed E-state index contributed by atoms with van der Waals surface area (Å²) in [7, 11) is 3.85. The molecule has 0 aliphatic carbocycles. The van der Waals surface area contributed by atoms with Crippen molar-refractivity contribution < 1.29 is 23.1 Å². The molecule has 174 valence electrons. The van der Waals surface area contributed by atoms with Crippen LogP contribution < -0.4 is 9.64 Å². The number of likely N-dealkylation sites (N-methyl/N-ethyl adjacent to an activating group) is 1. The summed E-state index contributed by atoms with van der Waals surface area (Å²) in [6, 6.07) is 9.80. The molecular weight excluding hydrogens is 428 g/mol. The number of hydrogen-bond donors (Lipinski definition) is 0. The highest BCUT2D eigenvalue weighted by Gasteiger charge is 2.44. The van der Waals surface area contributed by atoms with E-state index in [0.717, 1.165) is 43.0 Å². The fourth-order valence-electron chi connectivity index (χ4n) is 4.44. The van der Waals surface area contributed by atoms with Gasteiger partial charge in [0.2, 0.25) is 0 Å². The second kappa shape index (κ2) is 9.31. The van der Waals surface area contributed by atoms with Gasteiger partial charge in [-0.15, -0.1) is 0 Å². The largest absolute Gasteiger partial charge is 0.494 e. The van der Waals surface area contributed by atoms with Gasteiger partial charge in [0.05, 0.1) is 17.9 Å². The maximum atomic E-state index is 14.6. The summed E-state index contributed by atoms with van der Waals surface area (Å²) in [6.45, 7) is 4.12. The molecule has 0 aromatic heterocycles. The summed E-state index contributed by atoms with van der Waals surface area (Å²) in [5, 5.41) is 0. The van der Waals surface area contributed by atoms with Crippen molar-refractivity contribution in [3.05, 3.63) is 65.4 Å². The maximum Gasteiger partial charge on any atom is 0.282 e. The second-order valence-corrected chi connectivity index (χ2v) is 8.37. The first-order chi connectivity index (χ1) is 15.8. The molecule has 8 heteroatoms. The van der Waals surface area contributed by atoms with Crippen molar-refractivity contribution in [1.82, 2.24) is 9.80 Å². The second-order valence-electron chi connectivity index (χ2n) is 8.37. The first kappa shape index (κ1) is 22.9. The molecule has 0 atom stereocenters. The quantitative estimate of drug-likeness (QED) is 0.622. The molecule has 2 aliphatic heterocycles. The molecule has 0 bridgehead atoms. The van der Waals surface area contributed by atoms with Crippen molar-refractivity contribution in [2.75, 3.05) is 38.7 Å². The Labute approximate surface area is 192 Å². The topological polar surface area (TPSA) is 53.1 Å². The summed E-state index contributed by atoms with van der Waals surface area (Å²) in [5.74, 6) is -2.35. The molecule has 6 nitrogen and oxygen atoms in total. The lowest BCUT2D eigenvalue weighted by Gasteiger charge is -2.36. The highest BCUT2D eigenvalue weighted by Crippen LogP contribution is 2.37. The number of rotatable bonds is 6. The minimum Gasteiger partial charge on any atom is -0.494 e. The highest BCUT2D eigenvalue weighted by molar-refractivity contribution is 6.45. The molecule has 2 aliphatic rings. The van der Waals surface area contributed by atoms with E-state index in [1.807, 2.05) is 18.9 Å². The third-order valence-corrected chi connectivity index (χ3v) is 6.25. The van der Waals surface area contributed by atoms with Crippen molar-refractivity contribution >= 4 is 23.1 Å². The maximum absolute atomic E-state index is 14.6. The Bertz CT molecular complexity index is 1090. The number of carbonyl (C=O) groups is 2. The van der Waals surface area contributed by atoms with E-state index in [4.69, 9.17) is 4.74 Å². The lowest BCUT2D eigenvalue weighted by molar-refractivity contribution is -0.120. The van der Waals surface area contributed by atoms with Crippen LogP contribution in [0.1, 0.15) is 25.3 Å². The Morgan fingerprint density at radius 3 is 2.30 bits per heavy atom. The van der Waals surface area contributed by atoms with Gasteiger partial charge in [-0.3, -0.25) is 9.59 Å². The Balaban J connectivity index is 1.78. The van der Waals surface area contributed by atoms with Crippen LogP contribution in [0.5, 0.6) is 5.75 Å². The summed E-state index contributed by atoms with van der Waals surface area (Å²) in [4.78, 5) is 32.0. The summed E-state index contributed by atoms with van der Waals surface area (Å²) >= 11 is 0. The number of piperidine rings is 1. The number of carbonyl (C=O) groups excluding carboxylic acids is 2. The molecule has 2 heterocycles. The molecule has 1 fully saturated rings. The van der Waals surface area contributed by atoms with E-state index >= 15 is 0 Å². The fraction of sp³-hybridized carbons (Fsp3) is 0.360. The lowest BCUT2D eigenvalue weighted by Crippen LogP contribution is -2.43. The van der Waals surface area contributed by atoms with Crippen molar-refractivity contribution in [2.45, 2.75) is 25.8 Å². The van der Waals surface area contributed by atoms with E-state index in [1.165, 1.54) is 0 Å². The molecule has 2 aromatic carbocycles. The first-order valence-electron chi connectivity index (χ1n) is 11.0. The van der Waals surface area contributed by atoms with Crippen LogP contribution in [0, 0.1) is 11.6 Å². The summed E-state index contributed by atoms with van der Waals surface area (Å²) < 4.78 is 33.6. The minimum absolute atomic E-state index is 0.0589. The molecule has 2 amide bonds. The number of benzene rings is 2. The van der Waals surface area contributed by atoms with Crippen LogP contribution in [0.2, 0.25) is 0 Å². The van der Waals surface area contributed by atoms with Crippen LogP contribution in [-0.4, -0.2) is 61.4 Å². The molecule has 33 heavy (non-hydrogen) atoms. The van der Waals surface area contributed by atoms with E-state index in [1.54, 1.807) is 31.3 Å². The average molecular weight is 456 g/mol. The van der Waals surface area contributed by atoms with Gasteiger partial charge in [-0.05, 0) is 69.7 Å². The number of amides is 2. The zero-order valence-corrected chi connectivity index (χ0v) is 19.0. The minimum atomic E-state index is -0.967. The van der Waals surface area contributed by atoms with Gasteiger partial charge in [0, 0.05) is 19.2 Å². The molecule has 4 rings (SSSR count). The average Bonchev–Trinajstić information content (AvgIpc) is 3.05. The normalized spacial score (nSPS) is 17.8. The van der Waals surface area contributed by atoms with E-state index in [2.05, 4.69) is 4.90 Å². The molecule has 0 unspecified atom stereocenters. The van der Waals surface area contributed by atoms with Crippen LogP contribution in [0.25, 0.3) is 5.57 Å². The van der Waals surface area contributed by atoms with Crippen LogP contribution in [0.4, 0.5) is 14.5 Å². The zero-order chi connectivity index (χ0) is 23.7. The van der Waals surface area contributed by atoms with Crippen LogP contribution in [-0.2, 0) is 9.59 Å². The molecular formula is C25H27F2N3O3. The summed E-state index contributed by atoms with van der Waals surface area (Å²) in [5.41, 5.74) is 0.703. The highest BCUT2D eigenvalue weighted by atomic mass is 19.1. The molecule has 0 spiro atoms. The monoisotopic (exact) mass is 455 g/mol. The van der Waals surface area contributed by atoms with Crippen LogP contribution >= 0.6 is 0 Å². The Morgan fingerprint density at radius 1 is 1.03 bits per heavy atom. The summed E-state index contributed by atoms with van der Waals surface area (Å²) in [6.07, 6.45) is 1.67. The molecule has 0 radical (unpaired) electrons. The number of halogens is 2. The lowest BCUT2D eigenvalue weighted by atomic mass is 10.00. The van der Waals surface area contributed by atoms with Gasteiger partial charge in [0.15, 0.2) is 0 Å². The molecule has 0 N–H and O–H groups in total. The van der Waals surface area contributed by atoms with Gasteiger partial charge in [-0.2, -0.15) is 0 Å². The van der Waals surface area contributed by atoms with E-state index in [9.17, 15) is 18.4 Å². The van der Waals surface area contributed by atoms with Crippen LogP contribution in [0.3, 0.4) is 0 Å². The van der Waals surface area contributed by atoms with Gasteiger partial charge in [-0.25, -0.2) is 13.7 Å². The SMILES string of the molecule is CCOc1ccc(C2=C(N(C)C3CCN(C)CC3)C(=O)N(c3ccc(F)cc3F)C2=O)cc1. The smallest absolute Gasteiger partial charge is 0.282 e. The Hall–Kier alpha value is -3.26. The number of ether oxygens (including phenoxy) is 1. The predicted octanol–water partition coefficient (Wildman–Crippen LogP) is 3.67. The Morgan fingerprint density at radius 2 is 1.70 bits per heavy atom. The molecule has 1 saturated heterocycles. The van der Waals surface area contributed by atoms with Crippen molar-refractivity contribution in [3.8, 4) is 5.75 Å². The van der Waals surface area contributed by atoms with Gasteiger partial charge in [0.25, 0.3) is 11.8 Å². The number of likely N-dealkylation sites (tertiary alicyclic amines) is 1. The van der Waals surface area contributed by atoms with E-state index in [-0.39, 0.29) is 23.0 Å². The third kappa shape index (κ3) is 4.35. The van der Waals surface area contributed by atoms with Gasteiger partial charge in [-0.1, -0.05) is 12.1 Å².